The van der Waals surface area contributed by atoms with Gasteiger partial charge in [-0.05, 0) is 13.0 Å². The Morgan fingerprint density at radius 3 is 2.75 bits per heavy atom. The first-order chi connectivity index (χ1) is 3.71. The highest BCUT2D eigenvalue weighted by atomic mass is 16.5. The Hall–Kier alpha value is -0.830. The van der Waals surface area contributed by atoms with E-state index in [9.17, 15) is 0 Å². The summed E-state index contributed by atoms with van der Waals surface area (Å²) in [4.78, 5) is 3.66. The van der Waals surface area contributed by atoms with Crippen LogP contribution in [0.3, 0.4) is 0 Å². The van der Waals surface area contributed by atoms with Gasteiger partial charge in [-0.25, -0.2) is 4.99 Å². The number of nitrogens with two attached hydrogens (primary N) is 1. The van der Waals surface area contributed by atoms with E-state index in [0.29, 0.717) is 0 Å². The zero-order valence-electron chi connectivity index (χ0n) is 4.66. The van der Waals surface area contributed by atoms with Gasteiger partial charge in [0.05, 0.1) is 0 Å². The van der Waals surface area contributed by atoms with Gasteiger partial charge in [0.1, 0.15) is 0 Å². The standard InChI is InChI=1S/C5H8N2O/c1-5(6)2-3-7-4-8-5/h2-4H,6H2,1H3. The third-order valence-electron chi connectivity index (χ3n) is 0.859. The Kier molecular flexibility index (Phi) is 1.06. The molecule has 3 heteroatoms. The van der Waals surface area contributed by atoms with Crippen LogP contribution in [0.1, 0.15) is 6.92 Å². The van der Waals surface area contributed by atoms with Crippen molar-refractivity contribution in [3.8, 4) is 0 Å². The molecule has 0 bridgehead atoms. The Morgan fingerprint density at radius 2 is 2.50 bits per heavy atom. The van der Waals surface area contributed by atoms with Crippen LogP contribution in [0.25, 0.3) is 0 Å². The number of ether oxygens (including phenoxy) is 1. The molecule has 1 heterocycles. The predicted octanol–water partition coefficient (Wildman–Crippen LogP) is 0.234. The summed E-state index contributed by atoms with van der Waals surface area (Å²) < 4.78 is 4.86. The summed E-state index contributed by atoms with van der Waals surface area (Å²) >= 11 is 0. The molecule has 8 heavy (non-hydrogen) atoms. The van der Waals surface area contributed by atoms with Gasteiger partial charge in [0.15, 0.2) is 12.1 Å². The van der Waals surface area contributed by atoms with E-state index in [1.54, 1.807) is 19.2 Å². The second-order valence-corrected chi connectivity index (χ2v) is 1.87. The van der Waals surface area contributed by atoms with Crippen molar-refractivity contribution in [1.82, 2.24) is 0 Å². The van der Waals surface area contributed by atoms with Gasteiger partial charge in [0.2, 0.25) is 0 Å². The average Bonchev–Trinajstić information content (AvgIpc) is 1.65. The molecular formula is C5H8N2O. The van der Waals surface area contributed by atoms with E-state index in [4.69, 9.17) is 10.5 Å². The highest BCUT2D eigenvalue weighted by molar-refractivity contribution is 5.50. The molecular weight excluding hydrogens is 104 g/mol. The molecule has 0 radical (unpaired) electrons. The number of aliphatic imine (C=N–C) groups is 1. The van der Waals surface area contributed by atoms with Crippen molar-refractivity contribution < 1.29 is 4.74 Å². The molecule has 0 aromatic rings. The summed E-state index contributed by atoms with van der Waals surface area (Å²) in [6.07, 6.45) is 4.64. The van der Waals surface area contributed by atoms with Crippen molar-refractivity contribution in [2.24, 2.45) is 10.7 Å². The molecule has 44 valence electrons. The largest absolute Gasteiger partial charge is 0.459 e. The van der Waals surface area contributed by atoms with E-state index in [1.165, 1.54) is 6.40 Å². The first-order valence-electron chi connectivity index (χ1n) is 2.37. The Bertz CT molecular complexity index is 137. The average molecular weight is 112 g/mol. The summed E-state index contributed by atoms with van der Waals surface area (Å²) in [5.74, 6) is 0. The topological polar surface area (TPSA) is 47.6 Å². The van der Waals surface area contributed by atoms with Gasteiger partial charge < -0.3 is 4.74 Å². The maximum Gasteiger partial charge on any atom is 0.177 e. The molecule has 2 N–H and O–H groups in total. The molecule has 0 aromatic heterocycles. The molecule has 1 aliphatic heterocycles. The molecule has 0 saturated heterocycles. The monoisotopic (exact) mass is 112 g/mol. The summed E-state index contributed by atoms with van der Waals surface area (Å²) in [7, 11) is 0. The second kappa shape index (κ2) is 1.59. The fraction of sp³-hybridized carbons (Fsp3) is 0.400. The first kappa shape index (κ1) is 5.31. The van der Waals surface area contributed by atoms with Gasteiger partial charge >= 0.3 is 0 Å². The minimum absolute atomic E-state index is 0.651. The molecule has 0 aromatic carbocycles. The maximum absolute atomic E-state index is 5.48. The van der Waals surface area contributed by atoms with Crippen LogP contribution < -0.4 is 5.73 Å². The molecule has 0 aliphatic carbocycles. The lowest BCUT2D eigenvalue weighted by atomic mass is 10.3. The summed E-state index contributed by atoms with van der Waals surface area (Å²) in [6.45, 7) is 1.76. The van der Waals surface area contributed by atoms with Crippen molar-refractivity contribution in [1.29, 1.82) is 0 Å². The zero-order valence-corrected chi connectivity index (χ0v) is 4.66. The van der Waals surface area contributed by atoms with Crippen molar-refractivity contribution >= 4 is 6.40 Å². The molecule has 0 amide bonds. The normalized spacial score (nSPS) is 34.8. The van der Waals surface area contributed by atoms with Crippen LogP contribution in [-0.4, -0.2) is 12.1 Å². The van der Waals surface area contributed by atoms with Crippen LogP contribution >= 0.6 is 0 Å². The third-order valence-corrected chi connectivity index (χ3v) is 0.859. The molecule has 0 spiro atoms. The van der Waals surface area contributed by atoms with Crippen molar-refractivity contribution in [2.75, 3.05) is 0 Å². The third kappa shape index (κ3) is 1.07. The van der Waals surface area contributed by atoms with E-state index >= 15 is 0 Å². The van der Waals surface area contributed by atoms with Gasteiger partial charge in [-0.3, -0.25) is 5.73 Å². The molecule has 1 unspecified atom stereocenters. The fourth-order valence-electron chi connectivity index (χ4n) is 0.409. The van der Waals surface area contributed by atoms with Gasteiger partial charge in [-0.1, -0.05) is 0 Å². The van der Waals surface area contributed by atoms with E-state index in [2.05, 4.69) is 4.99 Å². The Labute approximate surface area is 47.9 Å². The van der Waals surface area contributed by atoms with Crippen LogP contribution in [0.2, 0.25) is 0 Å². The lowest BCUT2D eigenvalue weighted by Gasteiger charge is -2.20. The van der Waals surface area contributed by atoms with Gasteiger partial charge in [-0.15, -0.1) is 0 Å². The van der Waals surface area contributed by atoms with E-state index < -0.39 is 5.72 Å². The Balaban J connectivity index is 2.65. The van der Waals surface area contributed by atoms with Crippen LogP contribution in [-0.2, 0) is 4.74 Å². The quantitative estimate of drug-likeness (QED) is 0.487. The molecule has 1 rings (SSSR count). The maximum atomic E-state index is 5.48. The SMILES string of the molecule is CC1(N)C=CN=CO1. The highest BCUT2D eigenvalue weighted by Gasteiger charge is 2.14. The lowest BCUT2D eigenvalue weighted by Crippen LogP contribution is -2.37. The van der Waals surface area contributed by atoms with Gasteiger partial charge in [-0.2, -0.15) is 0 Å². The smallest absolute Gasteiger partial charge is 0.177 e. The minimum atomic E-state index is -0.651. The number of hydrogen-bond donors (Lipinski definition) is 1. The number of nitrogens with zero attached hydrogens (tertiary/aromatic N) is 1. The first-order valence-corrected chi connectivity index (χ1v) is 2.37. The zero-order chi connectivity index (χ0) is 6.04. The Morgan fingerprint density at radius 1 is 1.75 bits per heavy atom. The molecule has 0 fully saturated rings. The van der Waals surface area contributed by atoms with Crippen molar-refractivity contribution in [3.63, 3.8) is 0 Å². The highest BCUT2D eigenvalue weighted by Crippen LogP contribution is 2.04. The van der Waals surface area contributed by atoms with Crippen molar-refractivity contribution in [2.45, 2.75) is 12.6 Å². The summed E-state index contributed by atoms with van der Waals surface area (Å²) in [5.41, 5.74) is 4.83. The van der Waals surface area contributed by atoms with Crippen LogP contribution in [0.4, 0.5) is 0 Å². The minimum Gasteiger partial charge on any atom is -0.459 e. The lowest BCUT2D eigenvalue weighted by molar-refractivity contribution is 0.140. The fourth-order valence-corrected chi connectivity index (χ4v) is 0.409. The molecule has 0 saturated carbocycles. The second-order valence-electron chi connectivity index (χ2n) is 1.87. The summed E-state index contributed by atoms with van der Waals surface area (Å²) in [6, 6.07) is 0. The molecule has 3 nitrogen and oxygen atoms in total. The molecule has 1 atom stereocenters. The van der Waals surface area contributed by atoms with E-state index in [0.717, 1.165) is 0 Å². The van der Waals surface area contributed by atoms with Crippen molar-refractivity contribution in [3.05, 3.63) is 12.3 Å². The number of hydrogen-bond acceptors (Lipinski definition) is 3. The van der Waals surface area contributed by atoms with Gasteiger partial charge in [0, 0.05) is 6.20 Å². The van der Waals surface area contributed by atoms with E-state index in [-0.39, 0.29) is 0 Å². The predicted molar refractivity (Wildman–Crippen MR) is 31.3 cm³/mol. The summed E-state index contributed by atoms with van der Waals surface area (Å²) in [5, 5.41) is 0. The number of rotatable bonds is 0. The van der Waals surface area contributed by atoms with Crippen LogP contribution in [0.15, 0.2) is 17.3 Å². The molecule has 1 aliphatic rings. The van der Waals surface area contributed by atoms with Gasteiger partial charge in [0.25, 0.3) is 0 Å². The van der Waals surface area contributed by atoms with Crippen LogP contribution in [0.5, 0.6) is 0 Å². The van der Waals surface area contributed by atoms with E-state index in [1.807, 2.05) is 0 Å². The van der Waals surface area contributed by atoms with Crippen LogP contribution in [0, 0.1) is 0 Å².